The van der Waals surface area contributed by atoms with Crippen molar-refractivity contribution in [3.8, 4) is 22.8 Å². The number of amides is 5. The van der Waals surface area contributed by atoms with Gasteiger partial charge in [-0.15, -0.1) is 0 Å². The number of benzene rings is 3. The maximum atomic E-state index is 13.2. The van der Waals surface area contributed by atoms with Crippen molar-refractivity contribution in [1.29, 1.82) is 0 Å². The van der Waals surface area contributed by atoms with Crippen LogP contribution in [0.5, 0.6) is 11.5 Å². The number of ether oxygens (including phenoxy) is 4. The topological polar surface area (TPSA) is 222 Å². The predicted molar refractivity (Wildman–Crippen MR) is 234 cm³/mol. The van der Waals surface area contributed by atoms with Crippen LogP contribution in [0.4, 0.5) is 11.5 Å². The molecule has 332 valence electrons. The monoisotopic (exact) mass is 871 g/mol. The van der Waals surface area contributed by atoms with E-state index in [1.165, 1.54) is 6.33 Å². The minimum absolute atomic E-state index is 0.0555. The molecule has 3 aliphatic rings. The highest BCUT2D eigenvalue weighted by Crippen LogP contribution is 2.36. The molecular formula is C46H49N9O9. The van der Waals surface area contributed by atoms with Gasteiger partial charge in [0, 0.05) is 37.3 Å². The lowest BCUT2D eigenvalue weighted by molar-refractivity contribution is -0.136. The molecule has 0 spiro atoms. The summed E-state index contributed by atoms with van der Waals surface area (Å²) in [6, 6.07) is 21.0. The third-order valence-electron chi connectivity index (χ3n) is 11.1. The largest absolute Gasteiger partial charge is 0.457 e. The summed E-state index contributed by atoms with van der Waals surface area (Å²) in [7, 11) is 0. The van der Waals surface area contributed by atoms with Gasteiger partial charge in [-0.3, -0.25) is 34.2 Å². The van der Waals surface area contributed by atoms with Gasteiger partial charge in [0.1, 0.15) is 35.4 Å². The number of likely N-dealkylation sites (tertiary alicyclic amines) is 1. The molecule has 0 saturated carbocycles. The van der Waals surface area contributed by atoms with Crippen LogP contribution < -0.4 is 21.1 Å². The van der Waals surface area contributed by atoms with Crippen LogP contribution in [-0.4, -0.2) is 124 Å². The Bertz CT molecular complexity index is 2530. The first-order valence-electron chi connectivity index (χ1n) is 21.4. The fourth-order valence-corrected chi connectivity index (χ4v) is 8.02. The number of nitrogens with two attached hydrogens (primary N) is 1. The summed E-state index contributed by atoms with van der Waals surface area (Å²) < 4.78 is 24.8. The molecular weight excluding hydrogens is 823 g/mol. The highest BCUT2D eigenvalue weighted by Gasteiger charge is 2.45. The van der Waals surface area contributed by atoms with E-state index in [1.54, 1.807) is 24.3 Å². The van der Waals surface area contributed by atoms with E-state index in [0.717, 1.165) is 29.1 Å². The van der Waals surface area contributed by atoms with Gasteiger partial charge >= 0.3 is 0 Å². The summed E-state index contributed by atoms with van der Waals surface area (Å²) >= 11 is 0. The number of rotatable bonds is 19. The van der Waals surface area contributed by atoms with Crippen molar-refractivity contribution in [2.75, 3.05) is 70.3 Å². The van der Waals surface area contributed by atoms with Gasteiger partial charge < -0.3 is 34.9 Å². The molecule has 64 heavy (non-hydrogen) atoms. The molecule has 5 aromatic rings. The minimum atomic E-state index is -1.03. The number of hydrogen-bond acceptors (Lipinski definition) is 14. The van der Waals surface area contributed by atoms with Crippen LogP contribution in [-0.2, 0) is 28.6 Å². The van der Waals surface area contributed by atoms with Gasteiger partial charge in [0.2, 0.25) is 17.7 Å². The Hall–Kier alpha value is -7.02. The van der Waals surface area contributed by atoms with Gasteiger partial charge in [0.25, 0.3) is 11.8 Å². The van der Waals surface area contributed by atoms with Crippen molar-refractivity contribution < 1.29 is 42.9 Å². The Kier molecular flexibility index (Phi) is 13.9. The molecule has 3 aromatic carbocycles. The maximum Gasteiger partial charge on any atom is 0.264 e. The number of imide groups is 2. The number of carbonyl (C=O) groups excluding carboxylic acids is 5. The van der Waals surface area contributed by atoms with Crippen molar-refractivity contribution in [1.82, 2.24) is 34.9 Å². The fourth-order valence-electron chi connectivity index (χ4n) is 8.02. The Balaban J connectivity index is 0.715. The number of nitrogens with zero attached hydrogens (tertiary/aromatic N) is 6. The summed E-state index contributed by atoms with van der Waals surface area (Å²) in [5, 5.41) is 11.0. The predicted octanol–water partition coefficient (Wildman–Crippen LogP) is 4.54. The molecule has 3 aliphatic heterocycles. The zero-order valence-electron chi connectivity index (χ0n) is 35.1. The number of nitrogens with one attached hydrogen (secondary N) is 2. The van der Waals surface area contributed by atoms with Crippen molar-refractivity contribution >= 4 is 52.1 Å². The number of carbonyl (C=O) groups is 5. The normalized spacial score (nSPS) is 17.6. The molecule has 2 fully saturated rings. The van der Waals surface area contributed by atoms with Crippen LogP contribution >= 0.6 is 0 Å². The molecule has 0 bridgehead atoms. The number of anilines is 2. The molecule has 5 amide bonds. The highest BCUT2D eigenvalue weighted by molar-refractivity contribution is 6.25. The maximum absolute atomic E-state index is 13.2. The van der Waals surface area contributed by atoms with E-state index in [9.17, 15) is 24.0 Å². The van der Waals surface area contributed by atoms with Crippen molar-refractivity contribution in [3.63, 3.8) is 0 Å². The van der Waals surface area contributed by atoms with Crippen molar-refractivity contribution in [2.24, 2.45) is 0 Å². The summed E-state index contributed by atoms with van der Waals surface area (Å²) in [4.78, 5) is 75.1. The second-order valence-corrected chi connectivity index (χ2v) is 15.4. The standard InChI is InChI=1S/C46H49N9O9/c47-42-40-41(30-14-16-33(17-15-30)64-32-9-2-1-3-10-32)52-55(43(40)50-29-49-42)31-8-7-21-53(28-31)38(57)13-4-5-22-61-24-26-63-27-25-62-23-20-48-35-12-6-11-34-39(35)46(60)54(45(34)59)36-18-19-37(56)51-44(36)58/h1-4,6,9-17,29,31,36,48H,5,7-8,18-28H2,(H2,47,49,50)(H,51,56,58)/b13-4+. The van der Waals surface area contributed by atoms with Crippen LogP contribution in [0.3, 0.4) is 0 Å². The van der Waals surface area contributed by atoms with E-state index in [1.807, 2.05) is 70.3 Å². The number of aromatic nitrogens is 4. The molecule has 0 radical (unpaired) electrons. The summed E-state index contributed by atoms with van der Waals surface area (Å²) in [6.45, 7) is 3.71. The molecule has 18 nitrogen and oxygen atoms in total. The van der Waals surface area contributed by atoms with Crippen LogP contribution in [0.15, 0.2) is 91.3 Å². The van der Waals surface area contributed by atoms with Crippen molar-refractivity contribution in [2.45, 2.75) is 44.2 Å². The van der Waals surface area contributed by atoms with E-state index >= 15 is 0 Å². The van der Waals surface area contributed by atoms with E-state index in [2.05, 4.69) is 20.6 Å². The fraction of sp³-hybridized carbons (Fsp3) is 0.348. The molecule has 2 aromatic heterocycles. The molecule has 2 saturated heterocycles. The van der Waals surface area contributed by atoms with Crippen LogP contribution in [0.2, 0.25) is 0 Å². The van der Waals surface area contributed by atoms with Gasteiger partial charge in [-0.1, -0.05) is 30.3 Å². The second kappa shape index (κ2) is 20.4. The number of para-hydroxylation sites is 1. The Labute approximate surface area is 368 Å². The Morgan fingerprint density at radius 1 is 0.844 bits per heavy atom. The number of hydrogen-bond donors (Lipinski definition) is 3. The second-order valence-electron chi connectivity index (χ2n) is 15.4. The third kappa shape index (κ3) is 9.94. The van der Waals surface area contributed by atoms with Crippen LogP contribution in [0.1, 0.15) is 58.9 Å². The molecule has 18 heteroatoms. The van der Waals surface area contributed by atoms with Crippen LogP contribution in [0.25, 0.3) is 22.3 Å². The lowest BCUT2D eigenvalue weighted by Crippen LogP contribution is -2.54. The van der Waals surface area contributed by atoms with Gasteiger partial charge in [0.05, 0.1) is 62.2 Å². The van der Waals surface area contributed by atoms with Gasteiger partial charge in [-0.2, -0.15) is 5.10 Å². The Morgan fingerprint density at radius 2 is 1.59 bits per heavy atom. The lowest BCUT2D eigenvalue weighted by atomic mass is 10.0. The molecule has 0 aliphatic carbocycles. The van der Waals surface area contributed by atoms with Crippen LogP contribution in [0, 0.1) is 0 Å². The first kappa shape index (κ1) is 43.6. The molecule has 2 unspecified atom stereocenters. The summed E-state index contributed by atoms with van der Waals surface area (Å²) in [5.41, 5.74) is 9.40. The average molecular weight is 872 g/mol. The van der Waals surface area contributed by atoms with E-state index < -0.39 is 29.7 Å². The average Bonchev–Trinajstić information content (AvgIpc) is 3.82. The molecule has 5 heterocycles. The number of fused-ring (bicyclic) bond motifs is 2. The van der Waals surface area contributed by atoms with Gasteiger partial charge in [-0.05, 0) is 80.3 Å². The van der Waals surface area contributed by atoms with Gasteiger partial charge in [-0.25, -0.2) is 14.6 Å². The first-order valence-corrected chi connectivity index (χ1v) is 21.4. The Morgan fingerprint density at radius 3 is 2.38 bits per heavy atom. The zero-order valence-corrected chi connectivity index (χ0v) is 35.1. The lowest BCUT2D eigenvalue weighted by Gasteiger charge is -2.32. The zero-order chi connectivity index (χ0) is 44.4. The smallest absolute Gasteiger partial charge is 0.264 e. The first-order chi connectivity index (χ1) is 31.3. The van der Waals surface area contributed by atoms with E-state index in [-0.39, 0.29) is 35.9 Å². The van der Waals surface area contributed by atoms with Crippen molar-refractivity contribution in [3.05, 3.63) is 102 Å². The molecule has 2 atom stereocenters. The van der Waals surface area contributed by atoms with E-state index in [0.29, 0.717) is 99.7 Å². The SMILES string of the molecule is Nc1ncnc2c1c(-c1ccc(Oc3ccccc3)cc1)nn2C1CCCN(C(=O)/C=C/CCOCCOCCOCCNc2cccc3c2C(=O)N(C2CCC(=O)NC2=O)C3=O)C1. The third-order valence-corrected chi connectivity index (χ3v) is 11.1. The quantitative estimate of drug-likeness (QED) is 0.0589. The number of nitrogen functional groups attached to an aromatic ring is 1. The van der Waals surface area contributed by atoms with E-state index in [4.69, 9.17) is 29.8 Å². The van der Waals surface area contributed by atoms with Gasteiger partial charge in [0.15, 0.2) is 5.65 Å². The number of piperidine rings is 2. The minimum Gasteiger partial charge on any atom is -0.457 e. The summed E-state index contributed by atoms with van der Waals surface area (Å²) in [5.74, 6) is -0.501. The molecule has 4 N–H and O–H groups in total. The highest BCUT2D eigenvalue weighted by atomic mass is 16.5. The summed E-state index contributed by atoms with van der Waals surface area (Å²) in [6.07, 6.45) is 7.21. The molecule has 8 rings (SSSR count).